The molecule has 122 valence electrons. The molecule has 0 radical (unpaired) electrons. The summed E-state index contributed by atoms with van der Waals surface area (Å²) in [5, 5.41) is 5.76. The van der Waals surface area contributed by atoms with Crippen LogP contribution in [-0.2, 0) is 0 Å². The summed E-state index contributed by atoms with van der Waals surface area (Å²) in [4.78, 5) is 12.1. The Labute approximate surface area is 139 Å². The first-order chi connectivity index (χ1) is 11.1. The van der Waals surface area contributed by atoms with Gasteiger partial charge in [0.1, 0.15) is 17.2 Å². The summed E-state index contributed by atoms with van der Waals surface area (Å²) >= 11 is 6.07. The zero-order valence-corrected chi connectivity index (χ0v) is 13.7. The molecule has 0 saturated heterocycles. The van der Waals surface area contributed by atoms with Gasteiger partial charge in [-0.05, 0) is 30.3 Å². The fourth-order valence-electron chi connectivity index (χ4n) is 1.92. The summed E-state index contributed by atoms with van der Waals surface area (Å²) in [6.07, 6.45) is 0. The van der Waals surface area contributed by atoms with Gasteiger partial charge < -0.3 is 24.8 Å². The average molecular weight is 337 g/mol. The molecule has 0 spiro atoms. The second-order valence-electron chi connectivity index (χ2n) is 4.49. The molecule has 0 aliphatic heterocycles. The lowest BCUT2D eigenvalue weighted by Gasteiger charge is -2.13. The molecule has 2 aromatic rings. The highest BCUT2D eigenvalue weighted by Crippen LogP contribution is 2.35. The summed E-state index contributed by atoms with van der Waals surface area (Å²) in [6.45, 7) is 0. The number of ether oxygens (including phenoxy) is 3. The molecule has 0 aromatic heterocycles. The Kier molecular flexibility index (Phi) is 5.54. The number of rotatable bonds is 5. The van der Waals surface area contributed by atoms with Crippen molar-refractivity contribution in [2.45, 2.75) is 0 Å². The van der Waals surface area contributed by atoms with Crippen LogP contribution in [0.5, 0.6) is 17.2 Å². The molecule has 0 unspecified atom stereocenters. The molecule has 7 heteroatoms. The monoisotopic (exact) mass is 336 g/mol. The largest absolute Gasteiger partial charge is 0.497 e. The number of methoxy groups -OCH3 is 3. The summed E-state index contributed by atoms with van der Waals surface area (Å²) in [5.74, 6) is 1.61. The van der Waals surface area contributed by atoms with Gasteiger partial charge in [0, 0.05) is 11.8 Å². The molecule has 2 N–H and O–H groups in total. The van der Waals surface area contributed by atoms with E-state index in [0.29, 0.717) is 33.6 Å². The van der Waals surface area contributed by atoms with E-state index < -0.39 is 6.03 Å². The predicted octanol–water partition coefficient (Wildman–Crippen LogP) is 4.01. The van der Waals surface area contributed by atoms with E-state index in [1.165, 1.54) is 14.2 Å². The van der Waals surface area contributed by atoms with E-state index in [2.05, 4.69) is 10.6 Å². The second-order valence-corrected chi connectivity index (χ2v) is 4.90. The van der Waals surface area contributed by atoms with Crippen molar-refractivity contribution in [3.8, 4) is 17.2 Å². The number of hydrogen-bond donors (Lipinski definition) is 2. The highest BCUT2D eigenvalue weighted by Gasteiger charge is 2.12. The van der Waals surface area contributed by atoms with Crippen molar-refractivity contribution < 1.29 is 19.0 Å². The van der Waals surface area contributed by atoms with E-state index in [-0.39, 0.29) is 0 Å². The van der Waals surface area contributed by atoms with Gasteiger partial charge in [-0.1, -0.05) is 11.6 Å². The quantitative estimate of drug-likeness (QED) is 0.865. The summed E-state index contributed by atoms with van der Waals surface area (Å²) < 4.78 is 15.4. The first kappa shape index (κ1) is 16.8. The summed E-state index contributed by atoms with van der Waals surface area (Å²) in [6, 6.07) is 9.71. The minimum absolute atomic E-state index is 0.369. The molecule has 2 amide bonds. The number of carbonyl (C=O) groups is 1. The third-order valence-electron chi connectivity index (χ3n) is 3.07. The Morgan fingerprint density at radius 1 is 0.913 bits per heavy atom. The van der Waals surface area contributed by atoms with Gasteiger partial charge in [-0.15, -0.1) is 0 Å². The third kappa shape index (κ3) is 4.20. The van der Waals surface area contributed by atoms with Gasteiger partial charge in [-0.2, -0.15) is 0 Å². The molecule has 2 rings (SSSR count). The van der Waals surface area contributed by atoms with E-state index in [1.807, 2.05) is 0 Å². The topological polar surface area (TPSA) is 68.8 Å². The van der Waals surface area contributed by atoms with Crippen LogP contribution in [0.4, 0.5) is 16.2 Å². The van der Waals surface area contributed by atoms with Crippen molar-refractivity contribution in [3.05, 3.63) is 41.4 Å². The molecule has 0 heterocycles. The number of halogens is 1. The zero-order chi connectivity index (χ0) is 16.8. The highest BCUT2D eigenvalue weighted by molar-refractivity contribution is 6.32. The smallest absolute Gasteiger partial charge is 0.323 e. The molecule has 0 aliphatic carbocycles. The van der Waals surface area contributed by atoms with Crippen LogP contribution >= 0.6 is 11.6 Å². The van der Waals surface area contributed by atoms with Gasteiger partial charge in [0.2, 0.25) is 0 Å². The number of hydrogen-bond acceptors (Lipinski definition) is 4. The van der Waals surface area contributed by atoms with E-state index in [1.54, 1.807) is 43.5 Å². The SMILES string of the molecule is COc1ccc(NC(=O)Nc2cc(Cl)c(OC)cc2OC)cc1. The number of urea groups is 1. The minimum atomic E-state index is -0.422. The van der Waals surface area contributed by atoms with E-state index in [4.69, 9.17) is 25.8 Å². The van der Waals surface area contributed by atoms with Crippen LogP contribution in [0.1, 0.15) is 0 Å². The lowest BCUT2D eigenvalue weighted by molar-refractivity contribution is 0.262. The minimum Gasteiger partial charge on any atom is -0.497 e. The van der Waals surface area contributed by atoms with Crippen molar-refractivity contribution in [2.75, 3.05) is 32.0 Å². The molecular formula is C16H17ClN2O4. The van der Waals surface area contributed by atoms with Crippen molar-refractivity contribution in [2.24, 2.45) is 0 Å². The van der Waals surface area contributed by atoms with Crippen LogP contribution < -0.4 is 24.8 Å². The van der Waals surface area contributed by atoms with Crippen molar-refractivity contribution in [3.63, 3.8) is 0 Å². The summed E-state index contributed by atoms with van der Waals surface area (Å²) in [5.41, 5.74) is 1.06. The first-order valence-electron chi connectivity index (χ1n) is 6.71. The Hall–Kier alpha value is -2.60. The van der Waals surface area contributed by atoms with Gasteiger partial charge >= 0.3 is 6.03 Å². The van der Waals surface area contributed by atoms with Crippen LogP contribution in [0.3, 0.4) is 0 Å². The van der Waals surface area contributed by atoms with E-state index in [9.17, 15) is 4.79 Å². The van der Waals surface area contributed by atoms with Gasteiger partial charge in [0.05, 0.1) is 32.0 Å². The molecule has 2 aromatic carbocycles. The Morgan fingerprint density at radius 3 is 2.13 bits per heavy atom. The van der Waals surface area contributed by atoms with Crippen LogP contribution in [0.2, 0.25) is 5.02 Å². The van der Waals surface area contributed by atoms with Gasteiger partial charge in [0.25, 0.3) is 0 Å². The molecule has 23 heavy (non-hydrogen) atoms. The molecule has 0 saturated carbocycles. The van der Waals surface area contributed by atoms with Gasteiger partial charge in [-0.25, -0.2) is 4.79 Å². The molecule has 0 atom stereocenters. The highest BCUT2D eigenvalue weighted by atomic mass is 35.5. The zero-order valence-electron chi connectivity index (χ0n) is 13.0. The maximum atomic E-state index is 12.1. The number of carbonyl (C=O) groups excluding carboxylic acids is 1. The maximum Gasteiger partial charge on any atom is 0.323 e. The fourth-order valence-corrected chi connectivity index (χ4v) is 2.16. The van der Waals surface area contributed by atoms with Crippen LogP contribution in [0.15, 0.2) is 36.4 Å². The Balaban J connectivity index is 2.11. The first-order valence-corrected chi connectivity index (χ1v) is 7.08. The lowest BCUT2D eigenvalue weighted by atomic mass is 10.2. The molecule has 6 nitrogen and oxygen atoms in total. The standard InChI is InChI=1S/C16H17ClN2O4/c1-21-11-6-4-10(5-7-11)18-16(20)19-13-8-12(17)14(22-2)9-15(13)23-3/h4-9H,1-3H3,(H2,18,19,20). The normalized spacial score (nSPS) is 9.91. The number of nitrogens with one attached hydrogen (secondary N) is 2. The molecule has 0 fully saturated rings. The van der Waals surface area contributed by atoms with Crippen molar-refractivity contribution in [1.82, 2.24) is 0 Å². The van der Waals surface area contributed by atoms with E-state index in [0.717, 1.165) is 0 Å². The predicted molar refractivity (Wildman–Crippen MR) is 90.2 cm³/mol. The van der Waals surface area contributed by atoms with Crippen LogP contribution in [0.25, 0.3) is 0 Å². The Bertz CT molecular complexity index is 689. The van der Waals surface area contributed by atoms with Gasteiger partial charge in [0.15, 0.2) is 0 Å². The number of amides is 2. The van der Waals surface area contributed by atoms with Crippen LogP contribution in [-0.4, -0.2) is 27.4 Å². The number of anilines is 2. The molecular weight excluding hydrogens is 320 g/mol. The second kappa shape index (κ2) is 7.60. The number of benzene rings is 2. The van der Waals surface area contributed by atoms with Crippen LogP contribution in [0, 0.1) is 0 Å². The fraction of sp³-hybridized carbons (Fsp3) is 0.188. The summed E-state index contributed by atoms with van der Waals surface area (Å²) in [7, 11) is 4.58. The van der Waals surface area contributed by atoms with Crippen molar-refractivity contribution >= 4 is 29.0 Å². The molecule has 0 aliphatic rings. The molecule has 0 bridgehead atoms. The Morgan fingerprint density at radius 2 is 1.57 bits per heavy atom. The third-order valence-corrected chi connectivity index (χ3v) is 3.37. The van der Waals surface area contributed by atoms with Crippen molar-refractivity contribution in [1.29, 1.82) is 0 Å². The maximum absolute atomic E-state index is 12.1. The lowest BCUT2D eigenvalue weighted by Crippen LogP contribution is -2.19. The van der Waals surface area contributed by atoms with Gasteiger partial charge in [-0.3, -0.25) is 0 Å². The van der Waals surface area contributed by atoms with E-state index >= 15 is 0 Å². The average Bonchev–Trinajstić information content (AvgIpc) is 2.55.